The van der Waals surface area contributed by atoms with E-state index in [4.69, 9.17) is 0 Å². The van der Waals surface area contributed by atoms with Gasteiger partial charge < -0.3 is 10.4 Å². The lowest BCUT2D eigenvalue weighted by atomic mass is 10.1. The molecule has 2 aromatic heterocycles. The Labute approximate surface area is 143 Å². The lowest BCUT2D eigenvalue weighted by Gasteiger charge is -2.21. The van der Waals surface area contributed by atoms with Gasteiger partial charge in [-0.2, -0.15) is 0 Å². The second-order valence-electron chi connectivity index (χ2n) is 5.72. The first-order valence-electron chi connectivity index (χ1n) is 7.53. The SMILES string of the molecule is CC(O)(CNC(=O)c1cn(Cc2ccccc2)nn1)c1cccs1. The molecule has 1 aromatic carbocycles. The number of carbonyl (C=O) groups is 1. The Kier molecular flexibility index (Phi) is 4.73. The first-order chi connectivity index (χ1) is 11.5. The minimum Gasteiger partial charge on any atom is -0.383 e. The highest BCUT2D eigenvalue weighted by molar-refractivity contribution is 7.10. The van der Waals surface area contributed by atoms with Crippen molar-refractivity contribution >= 4 is 17.2 Å². The lowest BCUT2D eigenvalue weighted by Crippen LogP contribution is -2.38. The van der Waals surface area contributed by atoms with Crippen LogP contribution >= 0.6 is 11.3 Å². The molecule has 0 saturated carbocycles. The van der Waals surface area contributed by atoms with Gasteiger partial charge in [0.2, 0.25) is 0 Å². The maximum absolute atomic E-state index is 12.2. The molecule has 2 N–H and O–H groups in total. The Morgan fingerprint density at radius 3 is 2.79 bits per heavy atom. The minimum absolute atomic E-state index is 0.109. The van der Waals surface area contributed by atoms with E-state index < -0.39 is 5.60 Å². The summed E-state index contributed by atoms with van der Waals surface area (Å²) in [5.74, 6) is -0.355. The van der Waals surface area contributed by atoms with Crippen molar-refractivity contribution in [1.82, 2.24) is 20.3 Å². The number of thiophene rings is 1. The van der Waals surface area contributed by atoms with Crippen molar-refractivity contribution in [2.45, 2.75) is 19.1 Å². The number of nitrogens with one attached hydrogen (secondary N) is 1. The highest BCUT2D eigenvalue weighted by Gasteiger charge is 2.25. The third-order valence-corrected chi connectivity index (χ3v) is 4.73. The summed E-state index contributed by atoms with van der Waals surface area (Å²) < 4.78 is 1.61. The molecule has 0 aliphatic rings. The average Bonchev–Trinajstić information content (AvgIpc) is 3.26. The summed E-state index contributed by atoms with van der Waals surface area (Å²) in [5, 5.41) is 22.9. The summed E-state index contributed by atoms with van der Waals surface area (Å²) >= 11 is 1.45. The summed E-state index contributed by atoms with van der Waals surface area (Å²) in [4.78, 5) is 13.0. The van der Waals surface area contributed by atoms with Crippen molar-refractivity contribution in [2.75, 3.05) is 6.54 Å². The molecule has 0 radical (unpaired) electrons. The van der Waals surface area contributed by atoms with E-state index in [1.807, 2.05) is 47.8 Å². The van der Waals surface area contributed by atoms with E-state index >= 15 is 0 Å². The van der Waals surface area contributed by atoms with Gasteiger partial charge in [0.25, 0.3) is 5.91 Å². The van der Waals surface area contributed by atoms with Gasteiger partial charge in [0.15, 0.2) is 5.69 Å². The molecular weight excluding hydrogens is 324 g/mol. The molecule has 3 rings (SSSR count). The summed E-state index contributed by atoms with van der Waals surface area (Å²) in [6.45, 7) is 2.33. The zero-order chi connectivity index (χ0) is 17.0. The summed E-state index contributed by atoms with van der Waals surface area (Å²) in [6, 6.07) is 13.5. The maximum Gasteiger partial charge on any atom is 0.273 e. The molecule has 2 heterocycles. The summed E-state index contributed by atoms with van der Waals surface area (Å²) in [5.41, 5.74) is 0.201. The van der Waals surface area contributed by atoms with Crippen molar-refractivity contribution in [2.24, 2.45) is 0 Å². The zero-order valence-corrected chi connectivity index (χ0v) is 14.0. The first-order valence-corrected chi connectivity index (χ1v) is 8.41. The van der Waals surface area contributed by atoms with Crippen molar-refractivity contribution in [3.63, 3.8) is 0 Å². The number of aliphatic hydroxyl groups is 1. The fourth-order valence-corrected chi connectivity index (χ4v) is 3.05. The average molecular weight is 342 g/mol. The molecule has 0 spiro atoms. The maximum atomic E-state index is 12.2. The molecular formula is C17H18N4O2S. The standard InChI is InChI=1S/C17H18N4O2S/c1-17(23,15-8-5-9-24-15)12-18-16(22)14-11-21(20-19-14)10-13-6-3-2-4-7-13/h2-9,11,23H,10,12H2,1H3,(H,18,22). The van der Waals surface area contributed by atoms with Crippen molar-refractivity contribution < 1.29 is 9.90 Å². The number of hydrogen-bond acceptors (Lipinski definition) is 5. The Balaban J connectivity index is 1.60. The van der Waals surface area contributed by atoms with E-state index in [2.05, 4.69) is 15.6 Å². The van der Waals surface area contributed by atoms with E-state index in [1.54, 1.807) is 17.8 Å². The second kappa shape index (κ2) is 6.94. The molecule has 0 aliphatic heterocycles. The van der Waals surface area contributed by atoms with Gasteiger partial charge in [-0.3, -0.25) is 4.79 Å². The van der Waals surface area contributed by atoms with Crippen LogP contribution in [0.3, 0.4) is 0 Å². The van der Waals surface area contributed by atoms with Crippen LogP contribution in [0.1, 0.15) is 27.9 Å². The topological polar surface area (TPSA) is 80.0 Å². The third-order valence-electron chi connectivity index (χ3n) is 3.60. The van der Waals surface area contributed by atoms with E-state index in [1.165, 1.54) is 11.3 Å². The molecule has 1 amide bonds. The van der Waals surface area contributed by atoms with Crippen LogP contribution in [0.2, 0.25) is 0 Å². The quantitative estimate of drug-likeness (QED) is 0.718. The number of amides is 1. The van der Waals surface area contributed by atoms with Crippen LogP contribution in [0.25, 0.3) is 0 Å². The lowest BCUT2D eigenvalue weighted by molar-refractivity contribution is 0.0555. The molecule has 1 unspecified atom stereocenters. The van der Waals surface area contributed by atoms with Crippen LogP contribution in [-0.4, -0.2) is 32.6 Å². The predicted molar refractivity (Wildman–Crippen MR) is 91.8 cm³/mol. The van der Waals surface area contributed by atoms with Gasteiger partial charge in [-0.15, -0.1) is 16.4 Å². The second-order valence-corrected chi connectivity index (χ2v) is 6.67. The largest absolute Gasteiger partial charge is 0.383 e. The highest BCUT2D eigenvalue weighted by atomic mass is 32.1. The van der Waals surface area contributed by atoms with Crippen LogP contribution in [0.5, 0.6) is 0 Å². The highest BCUT2D eigenvalue weighted by Crippen LogP contribution is 2.24. The van der Waals surface area contributed by atoms with Gasteiger partial charge in [-0.1, -0.05) is 41.6 Å². The molecule has 0 bridgehead atoms. The van der Waals surface area contributed by atoms with Crippen LogP contribution < -0.4 is 5.32 Å². The van der Waals surface area contributed by atoms with Crippen molar-refractivity contribution in [1.29, 1.82) is 0 Å². The van der Waals surface area contributed by atoms with Crippen LogP contribution in [0, 0.1) is 0 Å². The Morgan fingerprint density at radius 2 is 2.08 bits per heavy atom. The smallest absolute Gasteiger partial charge is 0.273 e. The van der Waals surface area contributed by atoms with Gasteiger partial charge in [0.05, 0.1) is 19.3 Å². The van der Waals surface area contributed by atoms with Crippen LogP contribution in [0.4, 0.5) is 0 Å². The number of carbonyl (C=O) groups excluding carboxylic acids is 1. The van der Waals surface area contributed by atoms with Gasteiger partial charge in [-0.05, 0) is 23.9 Å². The molecule has 0 saturated heterocycles. The Hall–Kier alpha value is -2.51. The molecule has 124 valence electrons. The number of nitrogens with zero attached hydrogens (tertiary/aromatic N) is 3. The number of rotatable bonds is 6. The summed E-state index contributed by atoms with van der Waals surface area (Å²) in [7, 11) is 0. The van der Waals surface area contributed by atoms with E-state index in [-0.39, 0.29) is 18.1 Å². The fraction of sp³-hybridized carbons (Fsp3) is 0.235. The van der Waals surface area contributed by atoms with Gasteiger partial charge in [0, 0.05) is 4.88 Å². The summed E-state index contributed by atoms with van der Waals surface area (Å²) in [6.07, 6.45) is 1.60. The molecule has 1 atom stereocenters. The molecule has 0 aliphatic carbocycles. The van der Waals surface area contributed by atoms with Gasteiger partial charge in [-0.25, -0.2) is 4.68 Å². The van der Waals surface area contributed by atoms with E-state index in [0.29, 0.717) is 6.54 Å². The predicted octanol–water partition coefficient (Wildman–Crippen LogP) is 2.03. The normalized spacial score (nSPS) is 13.4. The Morgan fingerprint density at radius 1 is 1.29 bits per heavy atom. The van der Waals surface area contributed by atoms with Crippen LogP contribution in [-0.2, 0) is 12.1 Å². The van der Waals surface area contributed by atoms with E-state index in [0.717, 1.165) is 10.4 Å². The number of aromatic nitrogens is 3. The van der Waals surface area contributed by atoms with Gasteiger partial charge in [0.1, 0.15) is 5.60 Å². The molecule has 3 aromatic rings. The molecule has 24 heavy (non-hydrogen) atoms. The number of benzene rings is 1. The monoisotopic (exact) mass is 342 g/mol. The molecule has 6 nitrogen and oxygen atoms in total. The van der Waals surface area contributed by atoms with Crippen molar-refractivity contribution in [3.8, 4) is 0 Å². The molecule has 0 fully saturated rings. The third kappa shape index (κ3) is 3.87. The Bertz CT molecular complexity index is 797. The zero-order valence-electron chi connectivity index (χ0n) is 13.2. The minimum atomic E-state index is -1.11. The van der Waals surface area contributed by atoms with Crippen molar-refractivity contribution in [3.05, 3.63) is 70.2 Å². The molecule has 7 heteroatoms. The number of hydrogen-bond donors (Lipinski definition) is 2. The first kappa shape index (κ1) is 16.4. The van der Waals surface area contributed by atoms with E-state index in [9.17, 15) is 9.90 Å². The van der Waals surface area contributed by atoms with Gasteiger partial charge >= 0.3 is 0 Å². The fourth-order valence-electron chi connectivity index (χ4n) is 2.27. The van der Waals surface area contributed by atoms with Crippen LogP contribution in [0.15, 0.2) is 54.0 Å².